The van der Waals surface area contributed by atoms with Crippen molar-refractivity contribution < 1.29 is 19.1 Å². The zero-order valence-electron chi connectivity index (χ0n) is 17.9. The van der Waals surface area contributed by atoms with E-state index in [1.807, 2.05) is 38.1 Å². The van der Waals surface area contributed by atoms with E-state index in [-0.39, 0.29) is 11.3 Å². The van der Waals surface area contributed by atoms with Crippen LogP contribution in [0.1, 0.15) is 33.4 Å². The SMILES string of the molecule is Cc1cccc(N2C(=O)C(O)=C(C(=O)c3cc4cc(Br)ccc4o3)C2c2ccccn2)c1C. The first-order chi connectivity index (χ1) is 15.9. The Balaban J connectivity index is 1.68. The van der Waals surface area contributed by atoms with Gasteiger partial charge in [0.05, 0.1) is 11.3 Å². The normalized spacial score (nSPS) is 16.2. The van der Waals surface area contributed by atoms with Gasteiger partial charge in [-0.3, -0.25) is 19.5 Å². The van der Waals surface area contributed by atoms with Crippen molar-refractivity contribution >= 4 is 44.3 Å². The summed E-state index contributed by atoms with van der Waals surface area (Å²) in [6.45, 7) is 3.85. The molecule has 1 N–H and O–H groups in total. The Kier molecular flexibility index (Phi) is 5.13. The third-order valence-corrected chi connectivity index (χ3v) is 6.45. The average Bonchev–Trinajstić information content (AvgIpc) is 3.34. The van der Waals surface area contributed by atoms with E-state index in [9.17, 15) is 14.7 Å². The number of halogens is 1. The van der Waals surface area contributed by atoms with Gasteiger partial charge in [-0.1, -0.05) is 34.1 Å². The maximum absolute atomic E-state index is 13.6. The lowest BCUT2D eigenvalue weighted by Gasteiger charge is -2.27. The van der Waals surface area contributed by atoms with Gasteiger partial charge in [-0.05, 0) is 67.4 Å². The van der Waals surface area contributed by atoms with Gasteiger partial charge in [-0.2, -0.15) is 0 Å². The number of amides is 1. The number of benzene rings is 2. The highest BCUT2D eigenvalue weighted by Crippen LogP contribution is 2.43. The van der Waals surface area contributed by atoms with Crippen molar-refractivity contribution in [3.63, 3.8) is 0 Å². The fraction of sp³-hybridized carbons (Fsp3) is 0.115. The number of pyridine rings is 1. The summed E-state index contributed by atoms with van der Waals surface area (Å²) in [4.78, 5) is 32.8. The minimum Gasteiger partial charge on any atom is -0.503 e. The first-order valence-corrected chi connectivity index (χ1v) is 11.1. The molecule has 5 rings (SSSR count). The summed E-state index contributed by atoms with van der Waals surface area (Å²) < 4.78 is 6.63. The maximum atomic E-state index is 13.6. The van der Waals surface area contributed by atoms with Crippen LogP contribution in [0.15, 0.2) is 87.1 Å². The van der Waals surface area contributed by atoms with Gasteiger partial charge in [0.1, 0.15) is 11.6 Å². The smallest absolute Gasteiger partial charge is 0.294 e. The van der Waals surface area contributed by atoms with Gasteiger partial charge in [-0.25, -0.2) is 0 Å². The second kappa shape index (κ2) is 8.01. The number of aliphatic hydroxyl groups is 1. The van der Waals surface area contributed by atoms with Gasteiger partial charge in [0, 0.05) is 21.7 Å². The molecule has 0 aliphatic carbocycles. The Morgan fingerprint density at radius 2 is 1.91 bits per heavy atom. The summed E-state index contributed by atoms with van der Waals surface area (Å²) in [7, 11) is 0. The third-order valence-electron chi connectivity index (χ3n) is 5.96. The Labute approximate surface area is 198 Å². The number of aromatic nitrogens is 1. The number of nitrogens with zero attached hydrogens (tertiary/aromatic N) is 2. The number of carbonyl (C=O) groups is 2. The van der Waals surface area contributed by atoms with Crippen LogP contribution in [0.2, 0.25) is 0 Å². The molecule has 0 saturated heterocycles. The number of hydrogen-bond acceptors (Lipinski definition) is 5. The summed E-state index contributed by atoms with van der Waals surface area (Å²) in [6.07, 6.45) is 1.59. The molecule has 2 aromatic heterocycles. The molecule has 3 heterocycles. The Morgan fingerprint density at radius 3 is 2.67 bits per heavy atom. The molecule has 2 aromatic carbocycles. The van der Waals surface area contributed by atoms with E-state index in [2.05, 4.69) is 20.9 Å². The van der Waals surface area contributed by atoms with Gasteiger partial charge in [0.15, 0.2) is 11.5 Å². The molecule has 7 heteroatoms. The summed E-state index contributed by atoms with van der Waals surface area (Å²) in [5, 5.41) is 11.7. The molecule has 1 amide bonds. The highest BCUT2D eigenvalue weighted by atomic mass is 79.9. The molecule has 164 valence electrons. The first kappa shape index (κ1) is 21.2. The van der Waals surface area contributed by atoms with Crippen molar-refractivity contribution in [1.82, 2.24) is 4.98 Å². The number of ketones is 1. The topological polar surface area (TPSA) is 83.6 Å². The van der Waals surface area contributed by atoms with Gasteiger partial charge in [0.25, 0.3) is 5.91 Å². The fourth-order valence-electron chi connectivity index (χ4n) is 4.16. The highest BCUT2D eigenvalue weighted by molar-refractivity contribution is 9.10. The van der Waals surface area contributed by atoms with Crippen molar-refractivity contribution in [2.75, 3.05) is 4.90 Å². The average molecular weight is 503 g/mol. The zero-order valence-corrected chi connectivity index (χ0v) is 19.5. The lowest BCUT2D eigenvalue weighted by molar-refractivity contribution is -0.117. The third kappa shape index (κ3) is 3.45. The zero-order chi connectivity index (χ0) is 23.3. The van der Waals surface area contributed by atoms with Crippen LogP contribution >= 0.6 is 15.9 Å². The van der Waals surface area contributed by atoms with Gasteiger partial charge in [0.2, 0.25) is 5.78 Å². The second-order valence-electron chi connectivity index (χ2n) is 7.94. The fourth-order valence-corrected chi connectivity index (χ4v) is 4.54. The number of aliphatic hydroxyl groups excluding tert-OH is 1. The monoisotopic (exact) mass is 502 g/mol. The van der Waals surface area contributed by atoms with Crippen molar-refractivity contribution in [1.29, 1.82) is 0 Å². The molecule has 0 spiro atoms. The van der Waals surface area contributed by atoms with E-state index >= 15 is 0 Å². The van der Waals surface area contributed by atoms with Crippen LogP contribution in [0.3, 0.4) is 0 Å². The Bertz CT molecular complexity index is 1460. The van der Waals surface area contributed by atoms with Crippen LogP contribution in [0, 0.1) is 13.8 Å². The van der Waals surface area contributed by atoms with Gasteiger partial charge >= 0.3 is 0 Å². The van der Waals surface area contributed by atoms with E-state index in [1.54, 1.807) is 42.6 Å². The maximum Gasteiger partial charge on any atom is 0.294 e. The van der Waals surface area contributed by atoms with Crippen LogP contribution in [0.25, 0.3) is 11.0 Å². The lowest BCUT2D eigenvalue weighted by atomic mass is 9.97. The van der Waals surface area contributed by atoms with Crippen LogP contribution in [0.4, 0.5) is 5.69 Å². The quantitative estimate of drug-likeness (QED) is 0.346. The molecule has 0 saturated carbocycles. The number of hydrogen-bond donors (Lipinski definition) is 1. The molecule has 33 heavy (non-hydrogen) atoms. The van der Waals surface area contributed by atoms with Crippen molar-refractivity contribution in [2.24, 2.45) is 0 Å². The van der Waals surface area contributed by atoms with E-state index < -0.39 is 23.5 Å². The van der Waals surface area contributed by atoms with Gasteiger partial charge < -0.3 is 9.52 Å². The molecule has 6 nitrogen and oxygen atoms in total. The summed E-state index contributed by atoms with van der Waals surface area (Å²) >= 11 is 3.41. The number of aryl methyl sites for hydroxylation is 1. The molecule has 0 radical (unpaired) electrons. The molecule has 4 aromatic rings. The van der Waals surface area contributed by atoms with E-state index in [4.69, 9.17) is 4.42 Å². The van der Waals surface area contributed by atoms with Crippen molar-refractivity contribution in [2.45, 2.75) is 19.9 Å². The van der Waals surface area contributed by atoms with E-state index in [0.29, 0.717) is 17.0 Å². The largest absolute Gasteiger partial charge is 0.503 e. The number of rotatable bonds is 4. The lowest BCUT2D eigenvalue weighted by Crippen LogP contribution is -2.32. The minimum absolute atomic E-state index is 0.0428. The number of Topliss-reactive ketones (excluding diaryl/α,β-unsaturated/α-hetero) is 1. The molecule has 1 aliphatic rings. The molecular weight excluding hydrogens is 484 g/mol. The highest BCUT2D eigenvalue weighted by Gasteiger charge is 2.46. The molecule has 1 aliphatic heterocycles. The summed E-state index contributed by atoms with van der Waals surface area (Å²) in [5.41, 5.74) is 3.42. The number of carbonyl (C=O) groups excluding carboxylic acids is 2. The summed E-state index contributed by atoms with van der Waals surface area (Å²) in [5.74, 6) is -1.77. The number of anilines is 1. The number of furan rings is 1. The number of fused-ring (bicyclic) bond motifs is 1. The predicted octanol–water partition coefficient (Wildman–Crippen LogP) is 5.99. The second-order valence-corrected chi connectivity index (χ2v) is 8.85. The molecule has 0 bridgehead atoms. The van der Waals surface area contributed by atoms with Crippen LogP contribution in [-0.4, -0.2) is 21.8 Å². The van der Waals surface area contributed by atoms with Crippen molar-refractivity contribution in [3.05, 3.63) is 105 Å². The van der Waals surface area contributed by atoms with E-state index in [1.165, 1.54) is 4.90 Å². The van der Waals surface area contributed by atoms with Crippen LogP contribution in [-0.2, 0) is 4.79 Å². The summed E-state index contributed by atoms with van der Waals surface area (Å²) in [6, 6.07) is 17.0. The molecule has 1 atom stereocenters. The van der Waals surface area contributed by atoms with Crippen molar-refractivity contribution in [3.8, 4) is 0 Å². The Morgan fingerprint density at radius 1 is 1.09 bits per heavy atom. The molecule has 1 unspecified atom stereocenters. The minimum atomic E-state index is -0.897. The van der Waals surface area contributed by atoms with E-state index in [0.717, 1.165) is 21.0 Å². The standard InChI is InChI=1S/C26H19BrN2O4/c1-14-6-5-8-19(15(14)2)29-23(18-7-3-4-11-28-18)22(25(31)26(29)32)24(30)21-13-16-12-17(27)9-10-20(16)33-21/h3-13,23,31H,1-2H3. The Hall–Kier alpha value is -3.71. The van der Waals surface area contributed by atoms with Crippen LogP contribution in [0.5, 0.6) is 0 Å². The van der Waals surface area contributed by atoms with Gasteiger partial charge in [-0.15, -0.1) is 0 Å². The molecule has 0 fully saturated rings. The molecular formula is C26H19BrN2O4. The predicted molar refractivity (Wildman–Crippen MR) is 128 cm³/mol. The van der Waals surface area contributed by atoms with Crippen LogP contribution < -0.4 is 4.90 Å². The first-order valence-electron chi connectivity index (χ1n) is 10.3.